The van der Waals surface area contributed by atoms with E-state index < -0.39 is 6.36 Å². The van der Waals surface area contributed by atoms with Crippen LogP contribution < -0.4 is 15.8 Å². The van der Waals surface area contributed by atoms with Crippen molar-refractivity contribution in [3.63, 3.8) is 0 Å². The van der Waals surface area contributed by atoms with Crippen LogP contribution in [0.2, 0.25) is 0 Å². The van der Waals surface area contributed by atoms with Gasteiger partial charge < -0.3 is 25.6 Å². The van der Waals surface area contributed by atoms with E-state index in [0.717, 1.165) is 39.1 Å². The summed E-state index contributed by atoms with van der Waals surface area (Å²) in [5.74, 6) is -0.283. The molecule has 0 amide bonds. The number of halogens is 4. The molecule has 0 saturated carbocycles. The van der Waals surface area contributed by atoms with Crippen LogP contribution in [0, 0.1) is 0 Å². The summed E-state index contributed by atoms with van der Waals surface area (Å²) >= 11 is 0. The Morgan fingerprint density at radius 3 is 2.69 bits per heavy atom. The van der Waals surface area contributed by atoms with Crippen molar-refractivity contribution in [1.82, 2.24) is 9.80 Å². The number of rotatable bonds is 5. The Morgan fingerprint density at radius 2 is 1.96 bits per heavy atom. The summed E-state index contributed by atoms with van der Waals surface area (Å²) in [5, 5.41) is 2.67. The molecule has 1 aromatic rings. The number of nitrogens with one attached hydrogen (secondary N) is 1. The maximum absolute atomic E-state index is 12.4. The van der Waals surface area contributed by atoms with Crippen LogP contribution in [0.15, 0.2) is 29.3 Å². The molecular weight excluding hydrogens is 462 g/mol. The average Bonchev–Trinajstić information content (AvgIpc) is 2.73. The lowest BCUT2D eigenvalue weighted by molar-refractivity contribution is -0.274. The van der Waals surface area contributed by atoms with Crippen LogP contribution in [-0.2, 0) is 0 Å². The van der Waals surface area contributed by atoms with E-state index in [2.05, 4.69) is 31.9 Å². The number of hydrogen-bond donors (Lipinski definition) is 2. The molecule has 26 heavy (non-hydrogen) atoms. The van der Waals surface area contributed by atoms with E-state index in [9.17, 15) is 13.2 Å². The van der Waals surface area contributed by atoms with Gasteiger partial charge in [0.2, 0.25) is 0 Å². The highest BCUT2D eigenvalue weighted by atomic mass is 127. The number of nitrogens with two attached hydrogens (primary N) is 1. The van der Waals surface area contributed by atoms with Gasteiger partial charge in [0.15, 0.2) is 11.7 Å². The molecule has 0 atom stereocenters. The number of likely N-dealkylation sites (N-methyl/N-ethyl adjacent to an activating group) is 1. The number of alkyl halides is 3. The third-order valence-corrected chi connectivity index (χ3v) is 3.89. The molecule has 0 spiro atoms. The topological polar surface area (TPSA) is 66.1 Å². The third kappa shape index (κ3) is 8.41. The number of ether oxygens (including phenoxy) is 1. The average molecular weight is 487 g/mol. The van der Waals surface area contributed by atoms with E-state index in [0.29, 0.717) is 6.54 Å². The van der Waals surface area contributed by atoms with Gasteiger partial charge in [-0.15, -0.1) is 37.1 Å². The van der Waals surface area contributed by atoms with Crippen LogP contribution in [0.4, 0.5) is 18.9 Å². The van der Waals surface area contributed by atoms with E-state index in [4.69, 9.17) is 5.73 Å². The minimum absolute atomic E-state index is 0. The second-order valence-electron chi connectivity index (χ2n) is 5.93. The largest absolute Gasteiger partial charge is 0.573 e. The summed E-state index contributed by atoms with van der Waals surface area (Å²) in [6.45, 7) is 5.32. The molecule has 10 heteroatoms. The molecule has 3 N–H and O–H groups in total. The van der Waals surface area contributed by atoms with Gasteiger partial charge in [0.05, 0.1) is 12.2 Å². The molecule has 1 saturated heterocycles. The lowest BCUT2D eigenvalue weighted by atomic mass is 10.3. The number of guanidine groups is 1. The number of nitrogens with zero attached hydrogens (tertiary/aromatic N) is 3. The van der Waals surface area contributed by atoms with Crippen molar-refractivity contribution in [2.75, 3.05) is 51.6 Å². The fraction of sp³-hybridized carbons (Fsp3) is 0.562. The summed E-state index contributed by atoms with van der Waals surface area (Å²) in [6, 6.07) is 5.72. The standard InChI is InChI=1S/C16H24F3N5O.HI/c1-23-8-4-9-24(12-11-23)10-7-21-15(20)22-13-5-2-3-6-14(13)25-16(17,18)19;/h2-3,5-6H,4,7-12H2,1H3,(H3,20,21,22);1H. The zero-order chi connectivity index (χ0) is 18.3. The first-order valence-corrected chi connectivity index (χ1v) is 8.16. The molecule has 0 unspecified atom stereocenters. The van der Waals surface area contributed by atoms with E-state index in [1.54, 1.807) is 6.07 Å². The van der Waals surface area contributed by atoms with Crippen LogP contribution in [-0.4, -0.2) is 68.4 Å². The van der Waals surface area contributed by atoms with E-state index in [1.807, 2.05) is 0 Å². The Balaban J connectivity index is 0.00000338. The van der Waals surface area contributed by atoms with Gasteiger partial charge in [-0.2, -0.15) is 0 Å². The van der Waals surface area contributed by atoms with E-state index >= 15 is 0 Å². The van der Waals surface area contributed by atoms with Gasteiger partial charge in [0, 0.05) is 19.6 Å². The SMILES string of the molecule is CN1CCCN(CCN=C(N)Nc2ccccc2OC(F)(F)F)CC1.I. The van der Waals surface area contributed by atoms with Gasteiger partial charge in [0.25, 0.3) is 0 Å². The second kappa shape index (κ2) is 10.8. The Bertz CT molecular complexity index is 585. The summed E-state index contributed by atoms with van der Waals surface area (Å²) < 4.78 is 41.2. The molecule has 1 aliphatic rings. The number of anilines is 1. The van der Waals surface area contributed by atoms with Crippen LogP contribution in [0.1, 0.15) is 6.42 Å². The monoisotopic (exact) mass is 487 g/mol. The van der Waals surface area contributed by atoms with Crippen molar-refractivity contribution in [2.45, 2.75) is 12.8 Å². The highest BCUT2D eigenvalue weighted by Gasteiger charge is 2.32. The molecule has 0 bridgehead atoms. The predicted molar refractivity (Wildman–Crippen MR) is 107 cm³/mol. The lowest BCUT2D eigenvalue weighted by Gasteiger charge is -2.19. The molecule has 1 aromatic carbocycles. The van der Waals surface area contributed by atoms with E-state index in [-0.39, 0.29) is 41.4 Å². The smallest absolute Gasteiger partial charge is 0.404 e. The minimum Gasteiger partial charge on any atom is -0.404 e. The lowest BCUT2D eigenvalue weighted by Crippen LogP contribution is -2.32. The normalized spacial score (nSPS) is 17.3. The van der Waals surface area contributed by atoms with Crippen LogP contribution in [0.25, 0.3) is 0 Å². The number of para-hydroxylation sites is 2. The molecule has 0 radical (unpaired) electrons. The fourth-order valence-electron chi connectivity index (χ4n) is 2.60. The van der Waals surface area contributed by atoms with Gasteiger partial charge >= 0.3 is 6.36 Å². The molecule has 1 aliphatic heterocycles. The van der Waals surface area contributed by atoms with Gasteiger partial charge in [-0.25, -0.2) is 0 Å². The number of aliphatic imine (C=N–C) groups is 1. The maximum Gasteiger partial charge on any atom is 0.573 e. The highest BCUT2D eigenvalue weighted by molar-refractivity contribution is 14.0. The van der Waals surface area contributed by atoms with Gasteiger partial charge in [-0.05, 0) is 38.7 Å². The van der Waals surface area contributed by atoms with Crippen molar-refractivity contribution in [2.24, 2.45) is 10.7 Å². The minimum atomic E-state index is -4.76. The van der Waals surface area contributed by atoms with Crippen LogP contribution in [0.5, 0.6) is 5.75 Å². The van der Waals surface area contributed by atoms with E-state index in [1.165, 1.54) is 18.2 Å². The van der Waals surface area contributed by atoms with Gasteiger partial charge in [0.1, 0.15) is 0 Å². The molecule has 0 aromatic heterocycles. The molecule has 0 aliphatic carbocycles. The predicted octanol–water partition coefficient (Wildman–Crippen LogP) is 2.57. The summed E-state index contributed by atoms with van der Waals surface area (Å²) in [4.78, 5) is 8.79. The maximum atomic E-state index is 12.4. The zero-order valence-corrected chi connectivity index (χ0v) is 17.0. The Kier molecular flexibility index (Phi) is 9.44. The first kappa shape index (κ1) is 22.8. The zero-order valence-electron chi connectivity index (χ0n) is 14.6. The van der Waals surface area contributed by atoms with Crippen molar-refractivity contribution < 1.29 is 17.9 Å². The summed E-state index contributed by atoms with van der Waals surface area (Å²) in [5.41, 5.74) is 5.90. The summed E-state index contributed by atoms with van der Waals surface area (Å²) in [6.07, 6.45) is -3.65. The Hall–Kier alpha value is -1.27. The molecule has 6 nitrogen and oxygen atoms in total. The Labute approximate surface area is 168 Å². The quantitative estimate of drug-likeness (QED) is 0.380. The number of benzene rings is 1. The molecule has 2 rings (SSSR count). The van der Waals surface area contributed by atoms with Gasteiger partial charge in [-0.1, -0.05) is 12.1 Å². The Morgan fingerprint density at radius 1 is 1.23 bits per heavy atom. The summed E-state index contributed by atoms with van der Waals surface area (Å²) in [7, 11) is 2.10. The molecular formula is C16H25F3IN5O. The first-order valence-electron chi connectivity index (χ1n) is 8.16. The van der Waals surface area contributed by atoms with Crippen LogP contribution >= 0.6 is 24.0 Å². The second-order valence-corrected chi connectivity index (χ2v) is 5.93. The fourth-order valence-corrected chi connectivity index (χ4v) is 2.60. The molecule has 1 heterocycles. The van der Waals surface area contributed by atoms with Crippen molar-refractivity contribution in [1.29, 1.82) is 0 Å². The highest BCUT2D eigenvalue weighted by Crippen LogP contribution is 2.29. The van der Waals surface area contributed by atoms with Crippen molar-refractivity contribution >= 4 is 35.6 Å². The van der Waals surface area contributed by atoms with Gasteiger partial charge in [-0.3, -0.25) is 4.99 Å². The van der Waals surface area contributed by atoms with Crippen molar-refractivity contribution in [3.8, 4) is 5.75 Å². The molecule has 148 valence electrons. The van der Waals surface area contributed by atoms with Crippen molar-refractivity contribution in [3.05, 3.63) is 24.3 Å². The first-order chi connectivity index (χ1) is 11.8. The van der Waals surface area contributed by atoms with Crippen LogP contribution in [0.3, 0.4) is 0 Å². The molecule has 1 fully saturated rings. The third-order valence-electron chi connectivity index (χ3n) is 3.89. The number of hydrogen-bond acceptors (Lipinski definition) is 4.